The van der Waals surface area contributed by atoms with Crippen LogP contribution in [0, 0.1) is 0 Å². The van der Waals surface area contributed by atoms with Crippen molar-refractivity contribution < 1.29 is 14.3 Å². The van der Waals surface area contributed by atoms with Gasteiger partial charge in [0.2, 0.25) is 5.91 Å². The first-order chi connectivity index (χ1) is 13.1. The molecule has 27 heavy (non-hydrogen) atoms. The molecule has 2 amide bonds. The summed E-state index contributed by atoms with van der Waals surface area (Å²) in [7, 11) is 1.57. The van der Waals surface area contributed by atoms with Gasteiger partial charge in [0.25, 0.3) is 5.91 Å². The molecule has 0 spiro atoms. The summed E-state index contributed by atoms with van der Waals surface area (Å²) in [5, 5.41) is 6.66. The van der Waals surface area contributed by atoms with Gasteiger partial charge in [-0.2, -0.15) is 5.10 Å². The van der Waals surface area contributed by atoms with E-state index in [0.717, 1.165) is 16.8 Å². The highest BCUT2D eigenvalue weighted by Gasteiger charge is 2.05. The predicted octanol–water partition coefficient (Wildman–Crippen LogP) is 2.76. The van der Waals surface area contributed by atoms with Gasteiger partial charge in [0, 0.05) is 11.6 Å². The van der Waals surface area contributed by atoms with Gasteiger partial charge in [-0.05, 0) is 24.1 Å². The molecule has 2 aromatic rings. The van der Waals surface area contributed by atoms with Crippen LogP contribution in [0.25, 0.3) is 6.08 Å². The molecular weight excluding hydrogens is 342 g/mol. The maximum absolute atomic E-state index is 11.9. The first kappa shape index (κ1) is 19.9. The second-order valence-corrected chi connectivity index (χ2v) is 5.61. The van der Waals surface area contributed by atoms with Crippen molar-refractivity contribution in [2.75, 3.05) is 13.7 Å². The lowest BCUT2D eigenvalue weighted by Crippen LogP contribution is -2.34. The first-order valence-corrected chi connectivity index (χ1v) is 8.63. The van der Waals surface area contributed by atoms with E-state index >= 15 is 0 Å². The van der Waals surface area contributed by atoms with Gasteiger partial charge in [-0.15, -0.1) is 0 Å². The third-order valence-corrected chi connectivity index (χ3v) is 3.73. The fraction of sp³-hybridized carbons (Fsp3) is 0.190. The number of hydrogen-bond donors (Lipinski definition) is 2. The maximum Gasteiger partial charge on any atom is 0.259 e. The highest BCUT2D eigenvalue weighted by molar-refractivity contribution is 6.01. The van der Waals surface area contributed by atoms with E-state index in [1.54, 1.807) is 19.3 Å². The van der Waals surface area contributed by atoms with Gasteiger partial charge in [0.15, 0.2) is 0 Å². The van der Waals surface area contributed by atoms with Crippen molar-refractivity contribution >= 4 is 23.6 Å². The number of amides is 2. The minimum atomic E-state index is -0.393. The SMILES string of the molecule is CCC(=NNC(=O)CNC(=O)C=Cc1ccccc1OC)c1ccccc1. The lowest BCUT2D eigenvalue weighted by molar-refractivity contribution is -0.123. The number of ether oxygens (including phenoxy) is 1. The van der Waals surface area contributed by atoms with E-state index in [1.165, 1.54) is 6.08 Å². The third-order valence-electron chi connectivity index (χ3n) is 3.73. The van der Waals surface area contributed by atoms with Crippen molar-refractivity contribution in [3.8, 4) is 5.75 Å². The van der Waals surface area contributed by atoms with Gasteiger partial charge in [-0.25, -0.2) is 5.43 Å². The van der Waals surface area contributed by atoms with Crippen LogP contribution >= 0.6 is 0 Å². The van der Waals surface area contributed by atoms with Crippen molar-refractivity contribution in [2.45, 2.75) is 13.3 Å². The molecule has 0 saturated heterocycles. The van der Waals surface area contributed by atoms with Crippen molar-refractivity contribution in [1.82, 2.24) is 10.7 Å². The summed E-state index contributed by atoms with van der Waals surface area (Å²) >= 11 is 0. The predicted molar refractivity (Wildman–Crippen MR) is 106 cm³/mol. The largest absolute Gasteiger partial charge is 0.496 e. The average Bonchev–Trinajstić information content (AvgIpc) is 2.72. The molecular formula is C21H23N3O3. The summed E-state index contributed by atoms with van der Waals surface area (Å²) in [5.74, 6) is -0.101. The molecule has 0 aliphatic heterocycles. The summed E-state index contributed by atoms with van der Waals surface area (Å²) in [6.07, 6.45) is 3.67. The Kier molecular flexibility index (Phi) is 7.78. The second-order valence-electron chi connectivity index (χ2n) is 5.61. The van der Waals surface area contributed by atoms with Gasteiger partial charge in [-0.3, -0.25) is 9.59 Å². The number of carbonyl (C=O) groups is 2. The Hall–Kier alpha value is -3.41. The molecule has 0 aromatic heterocycles. The lowest BCUT2D eigenvalue weighted by atomic mass is 10.1. The fourth-order valence-corrected chi connectivity index (χ4v) is 2.34. The van der Waals surface area contributed by atoms with Crippen LogP contribution < -0.4 is 15.5 Å². The smallest absolute Gasteiger partial charge is 0.259 e. The number of para-hydroxylation sites is 1. The number of nitrogens with zero attached hydrogens (tertiary/aromatic N) is 1. The molecule has 0 heterocycles. The van der Waals surface area contributed by atoms with Crippen LogP contribution in [0.15, 0.2) is 65.8 Å². The van der Waals surface area contributed by atoms with Crippen molar-refractivity contribution in [1.29, 1.82) is 0 Å². The Morgan fingerprint density at radius 3 is 2.48 bits per heavy atom. The van der Waals surface area contributed by atoms with Crippen LogP contribution in [0.3, 0.4) is 0 Å². The van der Waals surface area contributed by atoms with Crippen LogP contribution in [0.1, 0.15) is 24.5 Å². The van der Waals surface area contributed by atoms with E-state index in [2.05, 4.69) is 15.8 Å². The highest BCUT2D eigenvalue weighted by Crippen LogP contribution is 2.18. The van der Waals surface area contributed by atoms with Gasteiger partial charge in [-0.1, -0.05) is 55.5 Å². The van der Waals surface area contributed by atoms with Crippen LogP contribution in [-0.4, -0.2) is 31.2 Å². The summed E-state index contributed by atoms with van der Waals surface area (Å²) in [5.41, 5.74) is 4.97. The molecule has 0 bridgehead atoms. The van der Waals surface area contributed by atoms with Crippen molar-refractivity contribution in [3.05, 3.63) is 71.8 Å². The zero-order chi connectivity index (χ0) is 19.5. The molecule has 0 radical (unpaired) electrons. The monoisotopic (exact) mass is 365 g/mol. The number of hydrazone groups is 1. The Labute approximate surface area is 158 Å². The number of hydrogen-bond acceptors (Lipinski definition) is 4. The van der Waals surface area contributed by atoms with Gasteiger partial charge in [0.05, 0.1) is 19.4 Å². The molecule has 2 rings (SSSR count). The quantitative estimate of drug-likeness (QED) is 0.429. The molecule has 0 aliphatic carbocycles. The standard InChI is InChI=1S/C21H23N3O3/c1-3-18(16-9-5-4-6-10-16)23-24-21(26)15-22-20(25)14-13-17-11-7-8-12-19(17)27-2/h4-14H,3,15H2,1-2H3,(H,22,25)(H,24,26). The second kappa shape index (κ2) is 10.6. The molecule has 6 nitrogen and oxygen atoms in total. The van der Waals surface area contributed by atoms with Gasteiger partial charge < -0.3 is 10.1 Å². The van der Waals surface area contributed by atoms with Gasteiger partial charge >= 0.3 is 0 Å². The Bertz CT molecular complexity index is 830. The highest BCUT2D eigenvalue weighted by atomic mass is 16.5. The minimum absolute atomic E-state index is 0.162. The lowest BCUT2D eigenvalue weighted by Gasteiger charge is -2.06. The molecule has 0 fully saturated rings. The van der Waals surface area contributed by atoms with Crippen LogP contribution in [-0.2, 0) is 9.59 Å². The number of nitrogens with one attached hydrogen (secondary N) is 2. The van der Waals surface area contributed by atoms with Crippen LogP contribution in [0.5, 0.6) is 5.75 Å². The average molecular weight is 365 g/mol. The van der Waals surface area contributed by atoms with Crippen molar-refractivity contribution in [3.63, 3.8) is 0 Å². The van der Waals surface area contributed by atoms with E-state index in [0.29, 0.717) is 12.2 Å². The van der Waals surface area contributed by atoms with Gasteiger partial charge in [0.1, 0.15) is 5.75 Å². The summed E-state index contributed by atoms with van der Waals surface area (Å²) in [4.78, 5) is 23.8. The van der Waals surface area contributed by atoms with E-state index in [4.69, 9.17) is 4.74 Å². The molecule has 0 unspecified atom stereocenters. The number of rotatable bonds is 8. The molecule has 6 heteroatoms. The number of carbonyl (C=O) groups excluding carboxylic acids is 2. The van der Waals surface area contributed by atoms with E-state index < -0.39 is 5.91 Å². The van der Waals surface area contributed by atoms with Crippen molar-refractivity contribution in [2.24, 2.45) is 5.10 Å². The van der Waals surface area contributed by atoms with Crippen LogP contribution in [0.4, 0.5) is 0 Å². The fourth-order valence-electron chi connectivity index (χ4n) is 2.34. The Morgan fingerprint density at radius 2 is 1.78 bits per heavy atom. The summed E-state index contributed by atoms with van der Waals surface area (Å²) < 4.78 is 5.22. The Balaban J connectivity index is 1.85. The zero-order valence-corrected chi connectivity index (χ0v) is 15.4. The first-order valence-electron chi connectivity index (χ1n) is 8.63. The molecule has 0 atom stereocenters. The molecule has 2 aromatic carbocycles. The zero-order valence-electron chi connectivity index (χ0n) is 15.4. The Morgan fingerprint density at radius 1 is 1.07 bits per heavy atom. The van der Waals surface area contributed by atoms with E-state index in [1.807, 2.05) is 55.5 Å². The summed E-state index contributed by atoms with van der Waals surface area (Å²) in [6.45, 7) is 1.80. The third kappa shape index (κ3) is 6.43. The van der Waals surface area contributed by atoms with Crippen LogP contribution in [0.2, 0.25) is 0 Å². The topological polar surface area (TPSA) is 79.8 Å². The normalized spacial score (nSPS) is 11.3. The minimum Gasteiger partial charge on any atom is -0.496 e. The summed E-state index contributed by atoms with van der Waals surface area (Å²) in [6, 6.07) is 16.9. The molecule has 2 N–H and O–H groups in total. The molecule has 140 valence electrons. The molecule has 0 aliphatic rings. The van der Waals surface area contributed by atoms with E-state index in [9.17, 15) is 9.59 Å². The molecule has 0 saturated carbocycles. The number of benzene rings is 2. The van der Waals surface area contributed by atoms with E-state index in [-0.39, 0.29) is 12.5 Å². The maximum atomic E-state index is 11.9. The number of methoxy groups -OCH3 is 1.